The quantitative estimate of drug-likeness (QED) is 0.808. The molecule has 3 heteroatoms. The molecule has 0 N–H and O–H groups in total. The standard InChI is InChI=1S/C14H17N3/c1-10(2)9-17-13-5-4-11(3)8-12(13)16-14(17)6-7-15/h4-5,8,10H,6,9H2,1-3H3. The van der Waals surface area contributed by atoms with Crippen molar-refractivity contribution in [1.82, 2.24) is 9.55 Å². The molecule has 17 heavy (non-hydrogen) atoms. The number of rotatable bonds is 3. The summed E-state index contributed by atoms with van der Waals surface area (Å²) in [6.45, 7) is 7.33. The second kappa shape index (κ2) is 4.58. The van der Waals surface area contributed by atoms with Crippen LogP contribution in [0.25, 0.3) is 11.0 Å². The molecule has 0 atom stereocenters. The van der Waals surface area contributed by atoms with E-state index < -0.39 is 0 Å². The average molecular weight is 227 g/mol. The Bertz CT molecular complexity index is 573. The molecule has 0 radical (unpaired) electrons. The molecule has 0 saturated heterocycles. The van der Waals surface area contributed by atoms with E-state index in [1.165, 1.54) is 5.56 Å². The zero-order valence-corrected chi connectivity index (χ0v) is 10.6. The Morgan fingerprint density at radius 1 is 1.41 bits per heavy atom. The molecular formula is C14H17N3. The van der Waals surface area contributed by atoms with E-state index in [2.05, 4.69) is 54.6 Å². The van der Waals surface area contributed by atoms with E-state index >= 15 is 0 Å². The maximum absolute atomic E-state index is 8.85. The number of nitrogens with zero attached hydrogens (tertiary/aromatic N) is 3. The fraction of sp³-hybridized carbons (Fsp3) is 0.429. The Labute approximate surface area is 102 Å². The topological polar surface area (TPSA) is 41.6 Å². The number of benzene rings is 1. The van der Waals surface area contributed by atoms with Gasteiger partial charge in [-0.05, 0) is 30.5 Å². The molecule has 0 unspecified atom stereocenters. The van der Waals surface area contributed by atoms with Crippen molar-refractivity contribution in [3.63, 3.8) is 0 Å². The number of fused-ring (bicyclic) bond motifs is 1. The maximum atomic E-state index is 8.85. The van der Waals surface area contributed by atoms with Crippen LogP contribution < -0.4 is 0 Å². The zero-order valence-electron chi connectivity index (χ0n) is 10.6. The predicted octanol–water partition coefficient (Wildman–Crippen LogP) is 3.07. The summed E-state index contributed by atoms with van der Waals surface area (Å²) in [6, 6.07) is 8.46. The molecule has 0 aliphatic carbocycles. The number of imidazole rings is 1. The monoisotopic (exact) mass is 227 g/mol. The summed E-state index contributed by atoms with van der Waals surface area (Å²) in [7, 11) is 0. The summed E-state index contributed by atoms with van der Waals surface area (Å²) < 4.78 is 2.17. The molecule has 1 aromatic carbocycles. The SMILES string of the molecule is Cc1ccc2c(c1)nc(CC#N)n2CC(C)C. The average Bonchev–Trinajstić information content (AvgIpc) is 2.56. The van der Waals surface area contributed by atoms with Crippen LogP contribution in [0.5, 0.6) is 0 Å². The van der Waals surface area contributed by atoms with E-state index in [9.17, 15) is 0 Å². The minimum absolute atomic E-state index is 0.375. The number of aromatic nitrogens is 2. The summed E-state index contributed by atoms with van der Waals surface area (Å²) in [4.78, 5) is 4.56. The van der Waals surface area contributed by atoms with Crippen LogP contribution in [-0.4, -0.2) is 9.55 Å². The van der Waals surface area contributed by atoms with Crippen molar-refractivity contribution in [2.45, 2.75) is 33.7 Å². The predicted molar refractivity (Wildman–Crippen MR) is 68.6 cm³/mol. The van der Waals surface area contributed by atoms with Crippen LogP contribution in [0.4, 0.5) is 0 Å². The van der Waals surface area contributed by atoms with Gasteiger partial charge in [-0.1, -0.05) is 19.9 Å². The van der Waals surface area contributed by atoms with Crippen molar-refractivity contribution in [3.05, 3.63) is 29.6 Å². The van der Waals surface area contributed by atoms with Gasteiger partial charge in [0.25, 0.3) is 0 Å². The first kappa shape index (κ1) is 11.7. The number of hydrogen-bond donors (Lipinski definition) is 0. The highest BCUT2D eigenvalue weighted by atomic mass is 15.1. The van der Waals surface area contributed by atoms with Gasteiger partial charge in [-0.3, -0.25) is 0 Å². The minimum Gasteiger partial charge on any atom is -0.327 e. The highest BCUT2D eigenvalue weighted by molar-refractivity contribution is 5.77. The summed E-state index contributed by atoms with van der Waals surface area (Å²) >= 11 is 0. The molecule has 0 bridgehead atoms. The largest absolute Gasteiger partial charge is 0.327 e. The van der Waals surface area contributed by atoms with Crippen molar-refractivity contribution < 1.29 is 0 Å². The van der Waals surface area contributed by atoms with Crippen LogP contribution in [-0.2, 0) is 13.0 Å². The van der Waals surface area contributed by atoms with Gasteiger partial charge in [-0.2, -0.15) is 5.26 Å². The highest BCUT2D eigenvalue weighted by Gasteiger charge is 2.11. The second-order valence-corrected chi connectivity index (χ2v) is 4.86. The molecule has 2 rings (SSSR count). The molecule has 0 amide bonds. The first-order chi connectivity index (χ1) is 8.11. The second-order valence-electron chi connectivity index (χ2n) is 4.86. The number of aryl methyl sites for hydroxylation is 1. The van der Waals surface area contributed by atoms with Gasteiger partial charge in [0.2, 0.25) is 0 Å². The zero-order chi connectivity index (χ0) is 12.4. The van der Waals surface area contributed by atoms with Crippen molar-refractivity contribution in [2.24, 2.45) is 5.92 Å². The normalized spacial score (nSPS) is 11.0. The Morgan fingerprint density at radius 3 is 2.82 bits per heavy atom. The van der Waals surface area contributed by atoms with Crippen LogP contribution in [0, 0.1) is 24.2 Å². The van der Waals surface area contributed by atoms with Crippen LogP contribution in [0.2, 0.25) is 0 Å². The van der Waals surface area contributed by atoms with Crippen LogP contribution in [0.15, 0.2) is 18.2 Å². The molecule has 0 saturated carbocycles. The van der Waals surface area contributed by atoms with Gasteiger partial charge in [-0.15, -0.1) is 0 Å². The van der Waals surface area contributed by atoms with E-state index in [-0.39, 0.29) is 0 Å². The lowest BCUT2D eigenvalue weighted by Crippen LogP contribution is -2.08. The molecule has 3 nitrogen and oxygen atoms in total. The van der Waals surface area contributed by atoms with Gasteiger partial charge >= 0.3 is 0 Å². The minimum atomic E-state index is 0.375. The van der Waals surface area contributed by atoms with Gasteiger partial charge in [0.05, 0.1) is 23.5 Å². The Kier molecular flexibility index (Phi) is 3.14. The Hall–Kier alpha value is -1.82. The first-order valence-corrected chi connectivity index (χ1v) is 5.94. The summed E-state index contributed by atoms with van der Waals surface area (Å²) in [6.07, 6.45) is 0.375. The Balaban J connectivity index is 2.59. The molecule has 0 aliphatic rings. The lowest BCUT2D eigenvalue weighted by atomic mass is 10.2. The van der Waals surface area contributed by atoms with E-state index in [0.717, 1.165) is 23.4 Å². The van der Waals surface area contributed by atoms with Gasteiger partial charge in [0, 0.05) is 6.54 Å². The maximum Gasteiger partial charge on any atom is 0.124 e. The third-order valence-corrected chi connectivity index (χ3v) is 2.77. The van der Waals surface area contributed by atoms with Crippen molar-refractivity contribution in [3.8, 4) is 6.07 Å². The molecule has 88 valence electrons. The number of hydrogen-bond acceptors (Lipinski definition) is 2. The van der Waals surface area contributed by atoms with E-state index in [4.69, 9.17) is 5.26 Å². The fourth-order valence-electron chi connectivity index (χ4n) is 2.06. The fourth-order valence-corrected chi connectivity index (χ4v) is 2.06. The molecule has 0 aliphatic heterocycles. The third kappa shape index (κ3) is 2.31. The molecule has 1 aromatic heterocycles. The van der Waals surface area contributed by atoms with Crippen molar-refractivity contribution >= 4 is 11.0 Å². The molecule has 2 aromatic rings. The molecule has 0 fully saturated rings. The van der Waals surface area contributed by atoms with Gasteiger partial charge in [0.15, 0.2) is 0 Å². The summed E-state index contributed by atoms with van der Waals surface area (Å²) in [5.41, 5.74) is 3.33. The first-order valence-electron chi connectivity index (χ1n) is 5.94. The number of nitriles is 1. The lowest BCUT2D eigenvalue weighted by molar-refractivity contribution is 0.521. The van der Waals surface area contributed by atoms with Crippen LogP contribution >= 0.6 is 0 Å². The van der Waals surface area contributed by atoms with E-state index in [1.54, 1.807) is 0 Å². The van der Waals surface area contributed by atoms with Crippen LogP contribution in [0.1, 0.15) is 25.2 Å². The highest BCUT2D eigenvalue weighted by Crippen LogP contribution is 2.19. The molecular weight excluding hydrogens is 210 g/mol. The van der Waals surface area contributed by atoms with E-state index in [1.807, 2.05) is 0 Å². The Morgan fingerprint density at radius 2 is 2.18 bits per heavy atom. The lowest BCUT2D eigenvalue weighted by Gasteiger charge is -2.10. The van der Waals surface area contributed by atoms with E-state index in [0.29, 0.717) is 12.3 Å². The van der Waals surface area contributed by atoms with Gasteiger partial charge < -0.3 is 4.57 Å². The van der Waals surface area contributed by atoms with Gasteiger partial charge in [-0.25, -0.2) is 4.98 Å². The summed E-state index contributed by atoms with van der Waals surface area (Å²) in [5, 5.41) is 8.85. The smallest absolute Gasteiger partial charge is 0.124 e. The molecule has 1 heterocycles. The third-order valence-electron chi connectivity index (χ3n) is 2.77. The van der Waals surface area contributed by atoms with Crippen molar-refractivity contribution in [1.29, 1.82) is 5.26 Å². The molecule has 0 spiro atoms. The van der Waals surface area contributed by atoms with Crippen LogP contribution in [0.3, 0.4) is 0 Å². The van der Waals surface area contributed by atoms with Gasteiger partial charge in [0.1, 0.15) is 5.82 Å². The summed E-state index contributed by atoms with van der Waals surface area (Å²) in [5.74, 6) is 1.42. The van der Waals surface area contributed by atoms with Crippen molar-refractivity contribution in [2.75, 3.05) is 0 Å².